The summed E-state index contributed by atoms with van der Waals surface area (Å²) in [6.45, 7) is 3.34. The molecule has 2 N–H and O–H groups in total. The SMILES string of the molecule is CNCC1(CNCc2ccc3c(c2)CCCC3)CC1. The summed E-state index contributed by atoms with van der Waals surface area (Å²) in [5.41, 5.74) is 5.20. The highest BCUT2D eigenvalue weighted by Crippen LogP contribution is 2.44. The molecule has 0 heterocycles. The molecule has 0 atom stereocenters. The Bertz CT molecular complexity index is 435. The van der Waals surface area contributed by atoms with Gasteiger partial charge >= 0.3 is 0 Å². The normalized spacial score (nSPS) is 20.1. The molecular formula is C17H26N2. The largest absolute Gasteiger partial charge is 0.319 e. The zero-order chi connectivity index (χ0) is 13.1. The van der Waals surface area contributed by atoms with Gasteiger partial charge in [-0.05, 0) is 67.7 Å². The van der Waals surface area contributed by atoms with Gasteiger partial charge in [0.05, 0.1) is 0 Å². The van der Waals surface area contributed by atoms with E-state index < -0.39 is 0 Å². The summed E-state index contributed by atoms with van der Waals surface area (Å²) in [4.78, 5) is 0. The Labute approximate surface area is 117 Å². The van der Waals surface area contributed by atoms with Crippen LogP contribution in [-0.2, 0) is 19.4 Å². The van der Waals surface area contributed by atoms with E-state index in [9.17, 15) is 0 Å². The minimum atomic E-state index is 0.558. The van der Waals surface area contributed by atoms with Crippen LogP contribution in [0.4, 0.5) is 0 Å². The third-order valence-electron chi connectivity index (χ3n) is 4.75. The maximum atomic E-state index is 3.66. The van der Waals surface area contributed by atoms with Crippen molar-refractivity contribution in [3.63, 3.8) is 0 Å². The molecule has 0 unspecified atom stereocenters. The average Bonchev–Trinajstić information content (AvgIpc) is 3.19. The maximum Gasteiger partial charge on any atom is 0.0205 e. The molecule has 0 amide bonds. The zero-order valence-electron chi connectivity index (χ0n) is 12.1. The highest BCUT2D eigenvalue weighted by Gasteiger charge is 2.41. The van der Waals surface area contributed by atoms with E-state index in [-0.39, 0.29) is 0 Å². The van der Waals surface area contributed by atoms with E-state index in [1.807, 2.05) is 0 Å². The van der Waals surface area contributed by atoms with Gasteiger partial charge in [0.25, 0.3) is 0 Å². The lowest BCUT2D eigenvalue weighted by molar-refractivity contribution is 0.438. The van der Waals surface area contributed by atoms with Crippen LogP contribution < -0.4 is 10.6 Å². The molecule has 0 aliphatic heterocycles. The second-order valence-electron chi connectivity index (χ2n) is 6.44. The molecule has 0 aromatic heterocycles. The van der Waals surface area contributed by atoms with Gasteiger partial charge in [0.15, 0.2) is 0 Å². The molecule has 1 fully saturated rings. The van der Waals surface area contributed by atoms with Gasteiger partial charge in [-0.15, -0.1) is 0 Å². The van der Waals surface area contributed by atoms with Crippen LogP contribution in [0.3, 0.4) is 0 Å². The van der Waals surface area contributed by atoms with Crippen molar-refractivity contribution >= 4 is 0 Å². The summed E-state index contributed by atoms with van der Waals surface area (Å²) < 4.78 is 0. The molecule has 2 aliphatic carbocycles. The fraction of sp³-hybridized carbons (Fsp3) is 0.647. The van der Waals surface area contributed by atoms with Crippen LogP contribution in [0.2, 0.25) is 0 Å². The van der Waals surface area contributed by atoms with Gasteiger partial charge in [0, 0.05) is 19.6 Å². The lowest BCUT2D eigenvalue weighted by atomic mass is 9.90. The highest BCUT2D eigenvalue weighted by molar-refractivity contribution is 5.33. The number of hydrogen-bond donors (Lipinski definition) is 2. The summed E-state index contributed by atoms with van der Waals surface area (Å²) in [6, 6.07) is 7.10. The quantitative estimate of drug-likeness (QED) is 0.820. The van der Waals surface area contributed by atoms with Crippen LogP contribution in [0.1, 0.15) is 42.4 Å². The first-order valence-corrected chi connectivity index (χ1v) is 7.77. The van der Waals surface area contributed by atoms with Crippen LogP contribution in [0, 0.1) is 5.41 Å². The van der Waals surface area contributed by atoms with Crippen molar-refractivity contribution in [1.82, 2.24) is 10.6 Å². The van der Waals surface area contributed by atoms with Crippen LogP contribution in [0.25, 0.3) is 0 Å². The van der Waals surface area contributed by atoms with Crippen LogP contribution in [-0.4, -0.2) is 20.1 Å². The molecule has 2 heteroatoms. The summed E-state index contributed by atoms with van der Waals surface area (Å²) >= 11 is 0. The predicted octanol–water partition coefficient (Wildman–Crippen LogP) is 2.65. The summed E-state index contributed by atoms with van der Waals surface area (Å²) in [5.74, 6) is 0. The van der Waals surface area contributed by atoms with E-state index in [0.29, 0.717) is 5.41 Å². The maximum absolute atomic E-state index is 3.66. The third kappa shape index (κ3) is 3.18. The van der Waals surface area contributed by atoms with E-state index in [2.05, 4.69) is 35.9 Å². The Kier molecular flexibility index (Phi) is 3.90. The van der Waals surface area contributed by atoms with Crippen molar-refractivity contribution < 1.29 is 0 Å². The van der Waals surface area contributed by atoms with Crippen LogP contribution >= 0.6 is 0 Å². The Morgan fingerprint density at radius 2 is 1.84 bits per heavy atom. The fourth-order valence-electron chi connectivity index (χ4n) is 3.34. The number of rotatable bonds is 6. The van der Waals surface area contributed by atoms with Crippen molar-refractivity contribution in [2.45, 2.75) is 45.1 Å². The Hall–Kier alpha value is -0.860. The topological polar surface area (TPSA) is 24.1 Å². The number of aryl methyl sites for hydroxylation is 2. The fourth-order valence-corrected chi connectivity index (χ4v) is 3.34. The van der Waals surface area contributed by atoms with E-state index in [0.717, 1.165) is 19.6 Å². The molecule has 0 radical (unpaired) electrons. The Morgan fingerprint density at radius 1 is 1.05 bits per heavy atom. The van der Waals surface area contributed by atoms with E-state index in [1.54, 1.807) is 11.1 Å². The van der Waals surface area contributed by atoms with Gasteiger partial charge in [0.2, 0.25) is 0 Å². The third-order valence-corrected chi connectivity index (χ3v) is 4.75. The monoisotopic (exact) mass is 258 g/mol. The number of hydrogen-bond acceptors (Lipinski definition) is 2. The average molecular weight is 258 g/mol. The molecule has 19 heavy (non-hydrogen) atoms. The molecule has 2 aliphatic rings. The van der Waals surface area contributed by atoms with Gasteiger partial charge in [-0.25, -0.2) is 0 Å². The first-order valence-electron chi connectivity index (χ1n) is 7.77. The van der Waals surface area contributed by atoms with Gasteiger partial charge < -0.3 is 10.6 Å². The standard InChI is InChI=1S/C17H26N2/c1-18-12-17(8-9-17)13-19-11-14-6-7-15-4-2-3-5-16(15)10-14/h6-7,10,18-19H,2-5,8-9,11-13H2,1H3. The predicted molar refractivity (Wildman–Crippen MR) is 80.4 cm³/mol. The van der Waals surface area contributed by atoms with Gasteiger partial charge in [-0.2, -0.15) is 0 Å². The minimum Gasteiger partial charge on any atom is -0.319 e. The molecule has 0 saturated heterocycles. The zero-order valence-corrected chi connectivity index (χ0v) is 12.1. The van der Waals surface area contributed by atoms with Crippen molar-refractivity contribution in [1.29, 1.82) is 0 Å². The lowest BCUT2D eigenvalue weighted by Crippen LogP contribution is -2.31. The molecule has 1 aromatic carbocycles. The smallest absolute Gasteiger partial charge is 0.0205 e. The van der Waals surface area contributed by atoms with E-state index in [4.69, 9.17) is 0 Å². The number of benzene rings is 1. The molecule has 1 saturated carbocycles. The minimum absolute atomic E-state index is 0.558. The lowest BCUT2D eigenvalue weighted by Gasteiger charge is -2.18. The molecule has 3 rings (SSSR count). The first-order chi connectivity index (χ1) is 9.31. The number of nitrogens with one attached hydrogen (secondary N) is 2. The van der Waals surface area contributed by atoms with Gasteiger partial charge in [0.1, 0.15) is 0 Å². The summed E-state index contributed by atoms with van der Waals surface area (Å²) in [5, 5.41) is 6.98. The highest BCUT2D eigenvalue weighted by atomic mass is 14.9. The summed E-state index contributed by atoms with van der Waals surface area (Å²) in [7, 11) is 2.06. The first kappa shape index (κ1) is 13.1. The van der Waals surface area contributed by atoms with E-state index >= 15 is 0 Å². The van der Waals surface area contributed by atoms with Crippen molar-refractivity contribution in [3.8, 4) is 0 Å². The van der Waals surface area contributed by atoms with Crippen molar-refractivity contribution in [3.05, 3.63) is 34.9 Å². The molecular weight excluding hydrogens is 232 g/mol. The van der Waals surface area contributed by atoms with Gasteiger partial charge in [-0.3, -0.25) is 0 Å². The van der Waals surface area contributed by atoms with Crippen LogP contribution in [0.15, 0.2) is 18.2 Å². The second-order valence-corrected chi connectivity index (χ2v) is 6.44. The molecule has 1 aromatic rings. The molecule has 104 valence electrons. The Morgan fingerprint density at radius 3 is 2.58 bits per heavy atom. The Balaban J connectivity index is 1.53. The molecule has 0 bridgehead atoms. The van der Waals surface area contributed by atoms with Crippen molar-refractivity contribution in [2.24, 2.45) is 5.41 Å². The van der Waals surface area contributed by atoms with Crippen LogP contribution in [0.5, 0.6) is 0 Å². The molecule has 0 spiro atoms. The molecule has 2 nitrogen and oxygen atoms in total. The van der Waals surface area contributed by atoms with Crippen molar-refractivity contribution in [2.75, 3.05) is 20.1 Å². The second kappa shape index (κ2) is 5.64. The van der Waals surface area contributed by atoms with Gasteiger partial charge in [-0.1, -0.05) is 18.2 Å². The van der Waals surface area contributed by atoms with E-state index in [1.165, 1.54) is 44.1 Å². The number of fused-ring (bicyclic) bond motifs is 1. The summed E-state index contributed by atoms with van der Waals surface area (Å²) in [6.07, 6.45) is 8.07.